The van der Waals surface area contributed by atoms with Crippen molar-refractivity contribution in [3.63, 3.8) is 0 Å². The molecule has 1 aliphatic rings. The van der Waals surface area contributed by atoms with Gasteiger partial charge < -0.3 is 4.57 Å². The van der Waals surface area contributed by atoms with Gasteiger partial charge in [-0.3, -0.25) is 9.58 Å². The fourth-order valence-corrected chi connectivity index (χ4v) is 3.27. The summed E-state index contributed by atoms with van der Waals surface area (Å²) in [6.45, 7) is 6.51. The van der Waals surface area contributed by atoms with Crippen molar-refractivity contribution < 1.29 is 0 Å². The minimum atomic E-state index is 0.701. The third-order valence-electron chi connectivity index (χ3n) is 4.55. The molecular weight excluding hydrogens is 262 g/mol. The number of likely N-dealkylation sites (tertiary alicyclic amines) is 1. The Kier molecular flexibility index (Phi) is 4.70. The SMILES string of the molecule is Cc1nccn1CCN1CCCCC1CCn1cccn1. The highest BCUT2D eigenvalue weighted by Crippen LogP contribution is 2.20. The molecular formula is C16H25N5. The number of imidazole rings is 1. The van der Waals surface area contributed by atoms with Crippen LogP contribution in [-0.4, -0.2) is 43.4 Å². The van der Waals surface area contributed by atoms with E-state index in [-0.39, 0.29) is 0 Å². The minimum absolute atomic E-state index is 0.701. The van der Waals surface area contributed by atoms with Gasteiger partial charge in [-0.15, -0.1) is 0 Å². The highest BCUT2D eigenvalue weighted by atomic mass is 15.3. The second-order valence-corrected chi connectivity index (χ2v) is 5.91. The van der Waals surface area contributed by atoms with E-state index in [1.54, 1.807) is 0 Å². The third-order valence-corrected chi connectivity index (χ3v) is 4.55. The molecule has 2 aromatic rings. The van der Waals surface area contributed by atoms with Crippen molar-refractivity contribution in [1.29, 1.82) is 0 Å². The fourth-order valence-electron chi connectivity index (χ4n) is 3.27. The Morgan fingerprint density at radius 1 is 1.14 bits per heavy atom. The minimum Gasteiger partial charge on any atom is -0.334 e. The monoisotopic (exact) mass is 287 g/mol. The summed E-state index contributed by atoms with van der Waals surface area (Å²) in [5, 5.41) is 4.31. The Morgan fingerprint density at radius 3 is 2.86 bits per heavy atom. The first-order valence-corrected chi connectivity index (χ1v) is 8.02. The maximum Gasteiger partial charge on any atom is 0.105 e. The third kappa shape index (κ3) is 3.73. The molecule has 0 aromatic carbocycles. The Balaban J connectivity index is 1.52. The molecule has 0 amide bonds. The number of rotatable bonds is 6. The molecule has 21 heavy (non-hydrogen) atoms. The lowest BCUT2D eigenvalue weighted by molar-refractivity contribution is 0.130. The number of hydrogen-bond donors (Lipinski definition) is 0. The van der Waals surface area contributed by atoms with E-state index in [2.05, 4.69) is 38.9 Å². The molecule has 0 saturated carbocycles. The molecule has 5 nitrogen and oxygen atoms in total. The molecule has 2 aromatic heterocycles. The Morgan fingerprint density at radius 2 is 2.10 bits per heavy atom. The predicted octanol–water partition coefficient (Wildman–Crippen LogP) is 2.33. The molecule has 3 rings (SSSR count). The van der Waals surface area contributed by atoms with Crippen LogP contribution in [0.1, 0.15) is 31.5 Å². The first-order chi connectivity index (χ1) is 10.3. The first kappa shape index (κ1) is 14.3. The molecule has 0 radical (unpaired) electrons. The molecule has 5 heteroatoms. The summed E-state index contributed by atoms with van der Waals surface area (Å²) in [5.74, 6) is 1.11. The van der Waals surface area contributed by atoms with Gasteiger partial charge >= 0.3 is 0 Å². The van der Waals surface area contributed by atoms with Crippen LogP contribution in [0.15, 0.2) is 30.9 Å². The lowest BCUT2D eigenvalue weighted by Crippen LogP contribution is -2.41. The second kappa shape index (κ2) is 6.89. The zero-order chi connectivity index (χ0) is 14.5. The van der Waals surface area contributed by atoms with Gasteiger partial charge in [0.15, 0.2) is 0 Å². The number of aromatic nitrogens is 4. The molecule has 0 N–H and O–H groups in total. The van der Waals surface area contributed by atoms with E-state index in [0.717, 1.165) is 25.5 Å². The van der Waals surface area contributed by atoms with Crippen LogP contribution in [0.2, 0.25) is 0 Å². The Bertz CT molecular complexity index is 531. The van der Waals surface area contributed by atoms with E-state index in [9.17, 15) is 0 Å². The molecule has 0 bridgehead atoms. The van der Waals surface area contributed by atoms with E-state index in [4.69, 9.17) is 0 Å². The van der Waals surface area contributed by atoms with E-state index < -0.39 is 0 Å². The summed E-state index contributed by atoms with van der Waals surface area (Å²) < 4.78 is 4.30. The fraction of sp³-hybridized carbons (Fsp3) is 0.625. The molecule has 1 atom stereocenters. The van der Waals surface area contributed by atoms with Gasteiger partial charge in [-0.25, -0.2) is 4.98 Å². The number of piperidine rings is 1. The van der Waals surface area contributed by atoms with Crippen LogP contribution in [-0.2, 0) is 13.1 Å². The molecule has 114 valence electrons. The standard InChI is InChI=1S/C16H25N5/c1-15-17-8-12-19(15)13-14-20-9-3-2-5-16(20)6-11-21-10-4-7-18-21/h4,7-8,10,12,16H,2-3,5-6,9,11,13-14H2,1H3. The first-order valence-electron chi connectivity index (χ1n) is 8.02. The number of hydrogen-bond acceptors (Lipinski definition) is 3. The topological polar surface area (TPSA) is 38.9 Å². The van der Waals surface area contributed by atoms with Crippen LogP contribution < -0.4 is 0 Å². The molecule has 1 saturated heterocycles. The van der Waals surface area contributed by atoms with Crippen molar-refractivity contribution in [1.82, 2.24) is 24.2 Å². The average Bonchev–Trinajstić information content (AvgIpc) is 3.15. The highest BCUT2D eigenvalue weighted by molar-refractivity contribution is 4.89. The van der Waals surface area contributed by atoms with Crippen LogP contribution >= 0.6 is 0 Å². The van der Waals surface area contributed by atoms with Gasteiger partial charge in [0.05, 0.1) is 0 Å². The number of nitrogens with zero attached hydrogens (tertiary/aromatic N) is 5. The molecule has 1 unspecified atom stereocenters. The van der Waals surface area contributed by atoms with Crippen molar-refractivity contribution >= 4 is 0 Å². The molecule has 0 aliphatic carbocycles. The quantitative estimate of drug-likeness (QED) is 0.818. The van der Waals surface area contributed by atoms with Crippen LogP contribution in [0.5, 0.6) is 0 Å². The van der Waals surface area contributed by atoms with E-state index in [1.165, 1.54) is 32.2 Å². The van der Waals surface area contributed by atoms with Gasteiger partial charge in [-0.1, -0.05) is 6.42 Å². The molecule has 3 heterocycles. The van der Waals surface area contributed by atoms with Gasteiger partial charge in [0.1, 0.15) is 5.82 Å². The van der Waals surface area contributed by atoms with Gasteiger partial charge in [0.25, 0.3) is 0 Å². The maximum atomic E-state index is 4.31. The van der Waals surface area contributed by atoms with Crippen LogP contribution in [0.25, 0.3) is 0 Å². The van der Waals surface area contributed by atoms with Crippen LogP contribution in [0.3, 0.4) is 0 Å². The highest BCUT2D eigenvalue weighted by Gasteiger charge is 2.21. The van der Waals surface area contributed by atoms with Crippen molar-refractivity contribution in [2.75, 3.05) is 13.1 Å². The molecule has 1 fully saturated rings. The molecule has 0 spiro atoms. The normalized spacial score (nSPS) is 20.0. The van der Waals surface area contributed by atoms with Gasteiger partial charge in [0.2, 0.25) is 0 Å². The zero-order valence-corrected chi connectivity index (χ0v) is 12.9. The van der Waals surface area contributed by atoms with Crippen molar-refractivity contribution in [3.05, 3.63) is 36.7 Å². The zero-order valence-electron chi connectivity index (χ0n) is 12.9. The molecule has 1 aliphatic heterocycles. The second-order valence-electron chi connectivity index (χ2n) is 5.91. The Labute approximate surface area is 126 Å². The van der Waals surface area contributed by atoms with Gasteiger partial charge in [-0.2, -0.15) is 5.10 Å². The largest absolute Gasteiger partial charge is 0.334 e. The van der Waals surface area contributed by atoms with E-state index in [0.29, 0.717) is 6.04 Å². The summed E-state index contributed by atoms with van der Waals surface area (Å²) in [4.78, 5) is 6.96. The van der Waals surface area contributed by atoms with Crippen LogP contribution in [0, 0.1) is 6.92 Å². The van der Waals surface area contributed by atoms with Gasteiger partial charge in [0, 0.05) is 50.5 Å². The van der Waals surface area contributed by atoms with E-state index in [1.807, 2.05) is 23.1 Å². The summed E-state index contributed by atoms with van der Waals surface area (Å²) >= 11 is 0. The van der Waals surface area contributed by atoms with Crippen LogP contribution in [0.4, 0.5) is 0 Å². The van der Waals surface area contributed by atoms with Crippen molar-refractivity contribution in [3.8, 4) is 0 Å². The maximum absolute atomic E-state index is 4.31. The Hall–Kier alpha value is -1.62. The average molecular weight is 287 g/mol. The van der Waals surface area contributed by atoms with Gasteiger partial charge in [-0.05, 0) is 38.8 Å². The lowest BCUT2D eigenvalue weighted by Gasteiger charge is -2.36. The van der Waals surface area contributed by atoms with Crippen molar-refractivity contribution in [2.45, 2.75) is 51.7 Å². The lowest BCUT2D eigenvalue weighted by atomic mass is 9.99. The predicted molar refractivity (Wildman–Crippen MR) is 83.0 cm³/mol. The summed E-state index contributed by atoms with van der Waals surface area (Å²) in [7, 11) is 0. The smallest absolute Gasteiger partial charge is 0.105 e. The summed E-state index contributed by atoms with van der Waals surface area (Å²) in [6.07, 6.45) is 13.1. The van der Waals surface area contributed by atoms with E-state index >= 15 is 0 Å². The number of aryl methyl sites for hydroxylation is 2. The summed E-state index contributed by atoms with van der Waals surface area (Å²) in [5.41, 5.74) is 0. The summed E-state index contributed by atoms with van der Waals surface area (Å²) in [6, 6.07) is 2.70. The van der Waals surface area contributed by atoms with Crippen molar-refractivity contribution in [2.24, 2.45) is 0 Å².